The van der Waals surface area contributed by atoms with Gasteiger partial charge in [-0.2, -0.15) is 0 Å². The van der Waals surface area contributed by atoms with Crippen molar-refractivity contribution >= 4 is 14.4 Å². The Kier molecular flexibility index (Phi) is 4.43. The molecule has 0 spiro atoms. The molecule has 84 valence electrons. The molecule has 0 saturated carbocycles. The van der Waals surface area contributed by atoms with Gasteiger partial charge < -0.3 is 10.2 Å². The van der Waals surface area contributed by atoms with Gasteiger partial charge in [-0.05, 0) is 31.3 Å². The van der Waals surface area contributed by atoms with Crippen LogP contribution in [0.2, 0.25) is 0 Å². The molecule has 0 bridgehead atoms. The van der Waals surface area contributed by atoms with Crippen LogP contribution in [0.5, 0.6) is 0 Å². The predicted octanol–water partition coefficient (Wildman–Crippen LogP) is 2.33. The molecular weight excluding hydrogens is 215 g/mol. The second-order valence-corrected chi connectivity index (χ2v) is 4.70. The Bertz CT molecular complexity index is 287. The number of carboxylic acids is 1. The van der Waals surface area contributed by atoms with E-state index in [1.54, 1.807) is 0 Å². The molecule has 1 aliphatic carbocycles. The van der Waals surface area contributed by atoms with Crippen molar-refractivity contribution in [2.45, 2.75) is 43.9 Å². The van der Waals surface area contributed by atoms with Crippen LogP contribution in [-0.2, 0) is 9.36 Å². The van der Waals surface area contributed by atoms with Crippen LogP contribution < -0.4 is 0 Å². The van der Waals surface area contributed by atoms with Gasteiger partial charge in [-0.3, -0.25) is 9.36 Å². The number of rotatable bonds is 5. The van der Waals surface area contributed by atoms with Gasteiger partial charge in [0.05, 0.1) is 0 Å². The Morgan fingerprint density at radius 3 is 2.73 bits per heavy atom. The lowest BCUT2D eigenvalue weighted by Crippen LogP contribution is -2.26. The van der Waals surface area contributed by atoms with Crippen LogP contribution in [0.25, 0.3) is 0 Å². The Morgan fingerprint density at radius 1 is 1.53 bits per heavy atom. The molecule has 1 unspecified atom stereocenters. The monoisotopic (exact) mass is 230 g/mol. The minimum absolute atomic E-state index is 0.0131. The fraction of sp³-hybridized carbons (Fsp3) is 0.700. The van der Waals surface area contributed by atoms with Crippen LogP contribution in [0.15, 0.2) is 11.6 Å². The Hall–Kier alpha value is -0.730. The second-order valence-electron chi connectivity index (χ2n) is 3.78. The number of aliphatic carboxylic acids is 1. The second kappa shape index (κ2) is 5.38. The molecule has 2 N–H and O–H groups in total. The van der Waals surface area contributed by atoms with Gasteiger partial charge in [0.15, 0.2) is 13.8 Å². The van der Waals surface area contributed by atoms with E-state index in [4.69, 9.17) is 5.11 Å². The van der Waals surface area contributed by atoms with Gasteiger partial charge in [0.1, 0.15) is 0 Å². The lowest BCUT2D eigenvalue weighted by Gasteiger charge is -2.25. The van der Waals surface area contributed by atoms with E-state index in [-0.39, 0.29) is 12.8 Å². The molecule has 0 saturated heterocycles. The first kappa shape index (κ1) is 12.3. The maximum atomic E-state index is 11.0. The van der Waals surface area contributed by atoms with Crippen molar-refractivity contribution in [3.05, 3.63) is 11.6 Å². The quantitative estimate of drug-likeness (QED) is 0.561. The van der Waals surface area contributed by atoms with Gasteiger partial charge in [-0.1, -0.05) is 6.08 Å². The molecule has 0 heterocycles. The van der Waals surface area contributed by atoms with Crippen molar-refractivity contribution < 1.29 is 19.6 Å². The smallest absolute Gasteiger partial charge is 0.303 e. The van der Waals surface area contributed by atoms with E-state index < -0.39 is 19.8 Å². The summed E-state index contributed by atoms with van der Waals surface area (Å²) < 4.78 is 11.0. The van der Waals surface area contributed by atoms with Gasteiger partial charge in [0, 0.05) is 12.8 Å². The van der Waals surface area contributed by atoms with Crippen LogP contribution in [0, 0.1) is 0 Å². The molecule has 1 rings (SSSR count). The van der Waals surface area contributed by atoms with Crippen molar-refractivity contribution in [3.8, 4) is 0 Å². The molecular formula is C10H15O4P. The minimum atomic E-state index is -1.46. The summed E-state index contributed by atoms with van der Waals surface area (Å²) in [5.74, 6) is -0.978. The highest BCUT2D eigenvalue weighted by molar-refractivity contribution is 7.26. The molecule has 0 aromatic rings. The van der Waals surface area contributed by atoms with Crippen molar-refractivity contribution in [1.82, 2.24) is 0 Å². The highest BCUT2D eigenvalue weighted by Gasteiger charge is 2.33. The standard InChI is InChI=1S/C10H15O4P/c11-9(12)6-7-10(13,15-14)8-4-2-1-3-5-8/h4,13H,1-3,5-7H2,(H,11,12). The molecule has 0 fully saturated rings. The van der Waals surface area contributed by atoms with Gasteiger partial charge in [-0.25, -0.2) is 0 Å². The van der Waals surface area contributed by atoms with E-state index in [1.165, 1.54) is 0 Å². The summed E-state index contributed by atoms with van der Waals surface area (Å²) in [5, 5.41) is 17.1. The fourth-order valence-electron chi connectivity index (χ4n) is 1.75. The van der Waals surface area contributed by atoms with Crippen molar-refractivity contribution in [2.75, 3.05) is 0 Å². The van der Waals surface area contributed by atoms with E-state index >= 15 is 0 Å². The van der Waals surface area contributed by atoms with Gasteiger partial charge >= 0.3 is 5.97 Å². The van der Waals surface area contributed by atoms with Crippen molar-refractivity contribution in [1.29, 1.82) is 0 Å². The molecule has 0 radical (unpaired) electrons. The maximum Gasteiger partial charge on any atom is 0.303 e. The van der Waals surface area contributed by atoms with E-state index in [1.807, 2.05) is 6.08 Å². The lowest BCUT2D eigenvalue weighted by molar-refractivity contribution is -0.137. The van der Waals surface area contributed by atoms with Crippen LogP contribution >= 0.6 is 8.46 Å². The van der Waals surface area contributed by atoms with Crippen LogP contribution in [0.4, 0.5) is 0 Å². The molecule has 15 heavy (non-hydrogen) atoms. The van der Waals surface area contributed by atoms with Gasteiger partial charge in [0.25, 0.3) is 0 Å². The molecule has 0 aromatic carbocycles. The highest BCUT2D eigenvalue weighted by atomic mass is 31.1. The zero-order valence-corrected chi connectivity index (χ0v) is 9.37. The molecule has 0 aliphatic heterocycles. The largest absolute Gasteiger partial charge is 0.481 e. The summed E-state index contributed by atoms with van der Waals surface area (Å²) in [5.41, 5.74) is 0.728. The average molecular weight is 230 g/mol. The van der Waals surface area contributed by atoms with Crippen LogP contribution in [-0.4, -0.2) is 21.5 Å². The SMILES string of the molecule is O=PC(O)(CCC(=O)O)C1=CCCCC1. The first-order chi connectivity index (χ1) is 7.08. The third kappa shape index (κ3) is 3.40. The normalized spacial score (nSPS) is 20.7. The first-order valence-corrected chi connectivity index (χ1v) is 5.88. The highest BCUT2D eigenvalue weighted by Crippen LogP contribution is 2.38. The van der Waals surface area contributed by atoms with Crippen LogP contribution in [0.3, 0.4) is 0 Å². The topological polar surface area (TPSA) is 74.6 Å². The molecule has 0 amide bonds. The third-order valence-corrected chi connectivity index (χ3v) is 3.46. The maximum absolute atomic E-state index is 11.0. The summed E-state index contributed by atoms with van der Waals surface area (Å²) in [6.07, 6.45) is 5.37. The summed E-state index contributed by atoms with van der Waals surface area (Å²) >= 11 is 0. The minimum Gasteiger partial charge on any atom is -0.481 e. The fourth-order valence-corrected chi connectivity index (χ4v) is 2.27. The Morgan fingerprint density at radius 2 is 2.27 bits per heavy atom. The number of carbonyl (C=O) groups is 1. The number of carboxylic acid groups (broad SMARTS) is 1. The zero-order chi connectivity index (χ0) is 11.3. The molecule has 1 atom stereocenters. The Labute approximate surface area is 90.2 Å². The van der Waals surface area contributed by atoms with Crippen LogP contribution in [0.1, 0.15) is 38.5 Å². The number of hydrogen-bond donors (Lipinski definition) is 2. The number of allylic oxidation sites excluding steroid dienone is 1. The van der Waals surface area contributed by atoms with E-state index in [9.17, 15) is 14.5 Å². The first-order valence-electron chi connectivity index (χ1n) is 5.07. The average Bonchev–Trinajstić information content (AvgIpc) is 2.27. The molecule has 4 nitrogen and oxygen atoms in total. The zero-order valence-electron chi connectivity index (χ0n) is 8.48. The van der Waals surface area contributed by atoms with E-state index in [2.05, 4.69) is 0 Å². The number of hydrogen-bond acceptors (Lipinski definition) is 3. The molecule has 5 heteroatoms. The lowest BCUT2D eigenvalue weighted by atomic mass is 9.93. The third-order valence-electron chi connectivity index (χ3n) is 2.64. The van der Waals surface area contributed by atoms with E-state index in [0.717, 1.165) is 24.8 Å². The molecule has 1 aliphatic rings. The van der Waals surface area contributed by atoms with Crippen molar-refractivity contribution in [3.63, 3.8) is 0 Å². The summed E-state index contributed by atoms with van der Waals surface area (Å²) in [4.78, 5) is 10.4. The van der Waals surface area contributed by atoms with Gasteiger partial charge in [0.2, 0.25) is 0 Å². The summed E-state index contributed by atoms with van der Waals surface area (Å²) in [7, 11) is -0.400. The Balaban J connectivity index is 2.69. The predicted molar refractivity (Wildman–Crippen MR) is 56.0 cm³/mol. The summed E-state index contributed by atoms with van der Waals surface area (Å²) in [6.45, 7) is 0. The number of aliphatic hydroxyl groups is 1. The van der Waals surface area contributed by atoms with Crippen molar-refractivity contribution in [2.24, 2.45) is 0 Å². The summed E-state index contributed by atoms with van der Waals surface area (Å²) in [6, 6.07) is 0. The van der Waals surface area contributed by atoms with E-state index in [0.29, 0.717) is 6.42 Å². The molecule has 0 aromatic heterocycles. The van der Waals surface area contributed by atoms with Gasteiger partial charge in [-0.15, -0.1) is 0 Å².